The second-order valence-corrected chi connectivity index (χ2v) is 9.86. The molecule has 1 amide bonds. The first-order chi connectivity index (χ1) is 15.0. The van der Waals surface area contributed by atoms with Crippen LogP contribution in [0.4, 0.5) is 0 Å². The lowest BCUT2D eigenvalue weighted by molar-refractivity contribution is -0.124. The van der Waals surface area contributed by atoms with Crippen LogP contribution in [0.3, 0.4) is 0 Å². The van der Waals surface area contributed by atoms with Gasteiger partial charge in [0.15, 0.2) is 0 Å². The molecule has 3 heterocycles. The van der Waals surface area contributed by atoms with Crippen molar-refractivity contribution in [3.8, 4) is 5.75 Å². The van der Waals surface area contributed by atoms with Crippen molar-refractivity contribution in [3.05, 3.63) is 48.4 Å². The Morgan fingerprint density at radius 2 is 1.90 bits per heavy atom. The van der Waals surface area contributed by atoms with Crippen molar-refractivity contribution in [2.24, 2.45) is 0 Å². The van der Waals surface area contributed by atoms with Gasteiger partial charge in [-0.2, -0.15) is 4.31 Å². The lowest BCUT2D eigenvalue weighted by atomic mass is 10.1. The molecule has 4 rings (SSSR count). The Labute approximate surface area is 183 Å². The van der Waals surface area contributed by atoms with Crippen molar-refractivity contribution >= 4 is 15.9 Å². The molecule has 0 unspecified atom stereocenters. The number of nitrogens with zero attached hydrogens (tertiary/aromatic N) is 2. The van der Waals surface area contributed by atoms with Gasteiger partial charge in [-0.1, -0.05) is 0 Å². The Balaban J connectivity index is 1.45. The fourth-order valence-electron chi connectivity index (χ4n) is 4.43. The molecule has 0 spiro atoms. The fourth-order valence-corrected chi connectivity index (χ4v) is 6.09. The van der Waals surface area contributed by atoms with Gasteiger partial charge >= 0.3 is 0 Å². The maximum absolute atomic E-state index is 13.2. The zero-order valence-corrected chi connectivity index (χ0v) is 18.5. The number of rotatable bonds is 8. The number of carbonyl (C=O) groups is 1. The van der Waals surface area contributed by atoms with Crippen LogP contribution in [0, 0.1) is 0 Å². The molecule has 31 heavy (non-hydrogen) atoms. The molecule has 1 aromatic heterocycles. The van der Waals surface area contributed by atoms with E-state index in [2.05, 4.69) is 10.2 Å². The summed E-state index contributed by atoms with van der Waals surface area (Å²) in [6.07, 6.45) is 5.06. The summed E-state index contributed by atoms with van der Waals surface area (Å²) in [5.41, 5.74) is 0. The molecular weight excluding hydrogens is 418 g/mol. The third-order valence-corrected chi connectivity index (χ3v) is 8.02. The van der Waals surface area contributed by atoms with Crippen molar-refractivity contribution in [2.75, 3.05) is 33.3 Å². The minimum absolute atomic E-state index is 0.0468. The number of nitrogens with one attached hydrogen (secondary N) is 1. The number of hydrogen-bond donors (Lipinski definition) is 1. The summed E-state index contributed by atoms with van der Waals surface area (Å²) in [6, 6.07) is 9.27. The van der Waals surface area contributed by atoms with E-state index in [0.29, 0.717) is 31.7 Å². The lowest BCUT2D eigenvalue weighted by Crippen LogP contribution is -2.47. The standard InChI is InChI=1S/C22H29N3O5S/c1-29-17-8-10-18(11-9-17)31(27,28)25-14-4-6-19(25)22(26)23-16-20(21-7-5-15-30-21)24-12-2-3-13-24/h5,7-11,15,19-20H,2-4,6,12-14,16H2,1H3,(H,23,26)/t19-,20-/m0/s1. The SMILES string of the molecule is COc1ccc(S(=O)(=O)N2CCC[C@H]2C(=O)NC[C@@H](c2ccco2)N2CCCC2)cc1. The molecule has 2 fully saturated rings. The van der Waals surface area contributed by atoms with Gasteiger partial charge in [0.1, 0.15) is 17.6 Å². The van der Waals surface area contributed by atoms with E-state index < -0.39 is 16.1 Å². The summed E-state index contributed by atoms with van der Waals surface area (Å²) in [4.78, 5) is 15.5. The highest BCUT2D eigenvalue weighted by Gasteiger charge is 2.39. The van der Waals surface area contributed by atoms with Crippen LogP contribution in [0.2, 0.25) is 0 Å². The van der Waals surface area contributed by atoms with Crippen molar-refractivity contribution in [1.82, 2.24) is 14.5 Å². The van der Waals surface area contributed by atoms with Crippen molar-refractivity contribution in [2.45, 2.75) is 42.7 Å². The average Bonchev–Trinajstić information content (AvgIpc) is 3.56. The summed E-state index contributed by atoms with van der Waals surface area (Å²) >= 11 is 0. The maximum Gasteiger partial charge on any atom is 0.243 e. The first-order valence-electron chi connectivity index (χ1n) is 10.7. The Hall–Kier alpha value is -2.36. The van der Waals surface area contributed by atoms with Crippen LogP contribution in [0.1, 0.15) is 37.5 Å². The second-order valence-electron chi connectivity index (χ2n) is 7.97. The summed E-state index contributed by atoms with van der Waals surface area (Å²) in [7, 11) is -2.24. The zero-order valence-electron chi connectivity index (χ0n) is 17.7. The second kappa shape index (κ2) is 9.42. The quantitative estimate of drug-likeness (QED) is 0.668. The van der Waals surface area contributed by atoms with Crippen LogP contribution in [0.25, 0.3) is 0 Å². The molecule has 2 aliphatic rings. The highest BCUT2D eigenvalue weighted by molar-refractivity contribution is 7.89. The summed E-state index contributed by atoms with van der Waals surface area (Å²) in [5, 5.41) is 2.99. The highest BCUT2D eigenvalue weighted by Crippen LogP contribution is 2.28. The van der Waals surface area contributed by atoms with Crippen molar-refractivity contribution < 1.29 is 22.4 Å². The van der Waals surface area contributed by atoms with Crippen molar-refractivity contribution in [3.63, 3.8) is 0 Å². The van der Waals surface area contributed by atoms with Gasteiger partial charge in [-0.25, -0.2) is 8.42 Å². The average molecular weight is 448 g/mol. The number of carbonyl (C=O) groups excluding carboxylic acids is 1. The van der Waals surface area contributed by atoms with Gasteiger partial charge in [0.05, 0.1) is 24.3 Å². The minimum atomic E-state index is -3.77. The molecule has 0 bridgehead atoms. The Morgan fingerprint density at radius 1 is 1.16 bits per heavy atom. The smallest absolute Gasteiger partial charge is 0.243 e. The maximum atomic E-state index is 13.2. The van der Waals surface area contributed by atoms with E-state index in [4.69, 9.17) is 9.15 Å². The van der Waals surface area contributed by atoms with Gasteiger partial charge in [-0.05, 0) is 75.2 Å². The molecule has 0 saturated carbocycles. The number of ether oxygens (including phenoxy) is 1. The number of amides is 1. The molecule has 1 aromatic carbocycles. The predicted octanol–water partition coefficient (Wildman–Crippen LogP) is 2.39. The monoisotopic (exact) mass is 447 g/mol. The molecule has 0 aliphatic carbocycles. The molecule has 9 heteroatoms. The molecule has 2 saturated heterocycles. The van der Waals surface area contributed by atoms with Gasteiger partial charge in [0.25, 0.3) is 0 Å². The van der Waals surface area contributed by atoms with E-state index in [9.17, 15) is 13.2 Å². The number of benzene rings is 1. The third kappa shape index (κ3) is 4.63. The van der Waals surface area contributed by atoms with Crippen LogP contribution < -0.4 is 10.1 Å². The fraction of sp³-hybridized carbons (Fsp3) is 0.500. The van der Waals surface area contributed by atoms with Crippen molar-refractivity contribution in [1.29, 1.82) is 0 Å². The summed E-state index contributed by atoms with van der Waals surface area (Å²) < 4.78 is 38.4. The Morgan fingerprint density at radius 3 is 2.55 bits per heavy atom. The van der Waals surface area contributed by atoms with Gasteiger partial charge in [0.2, 0.25) is 15.9 Å². The molecule has 168 valence electrons. The van der Waals surface area contributed by atoms with E-state index in [1.54, 1.807) is 18.4 Å². The van der Waals surface area contributed by atoms with Gasteiger partial charge in [-0.15, -0.1) is 0 Å². The first kappa shape index (κ1) is 21.9. The first-order valence-corrected chi connectivity index (χ1v) is 12.2. The van der Waals surface area contributed by atoms with Gasteiger partial charge in [-0.3, -0.25) is 9.69 Å². The van der Waals surface area contributed by atoms with E-state index >= 15 is 0 Å². The van der Waals surface area contributed by atoms with E-state index in [-0.39, 0.29) is 16.8 Å². The van der Waals surface area contributed by atoms with Crippen LogP contribution in [-0.2, 0) is 14.8 Å². The normalized spacial score (nSPS) is 21.3. The van der Waals surface area contributed by atoms with Crippen LogP contribution >= 0.6 is 0 Å². The summed E-state index contributed by atoms with van der Waals surface area (Å²) in [6.45, 7) is 2.64. The number of hydrogen-bond acceptors (Lipinski definition) is 6. The topological polar surface area (TPSA) is 92.1 Å². The largest absolute Gasteiger partial charge is 0.497 e. The van der Waals surface area contributed by atoms with Crippen LogP contribution in [0.5, 0.6) is 5.75 Å². The van der Waals surface area contributed by atoms with E-state index in [0.717, 1.165) is 31.7 Å². The van der Waals surface area contributed by atoms with E-state index in [1.807, 2.05) is 12.1 Å². The molecular formula is C22H29N3O5S. The third-order valence-electron chi connectivity index (χ3n) is 6.10. The molecule has 2 atom stereocenters. The highest BCUT2D eigenvalue weighted by atomic mass is 32.2. The van der Waals surface area contributed by atoms with Crippen LogP contribution in [-0.4, -0.2) is 62.9 Å². The van der Waals surface area contributed by atoms with E-state index in [1.165, 1.54) is 23.5 Å². The number of furan rings is 1. The Kier molecular flexibility index (Phi) is 6.64. The molecule has 8 nitrogen and oxygen atoms in total. The van der Waals surface area contributed by atoms with Crippen LogP contribution in [0.15, 0.2) is 52.0 Å². The number of sulfonamides is 1. The Bertz CT molecular complexity index is 969. The zero-order chi connectivity index (χ0) is 21.8. The molecule has 0 radical (unpaired) electrons. The predicted molar refractivity (Wildman–Crippen MR) is 115 cm³/mol. The molecule has 1 N–H and O–H groups in total. The minimum Gasteiger partial charge on any atom is -0.497 e. The lowest BCUT2D eigenvalue weighted by Gasteiger charge is -2.28. The molecule has 2 aromatic rings. The summed E-state index contributed by atoms with van der Waals surface area (Å²) in [5.74, 6) is 1.14. The number of methoxy groups -OCH3 is 1. The molecule has 2 aliphatic heterocycles. The number of likely N-dealkylation sites (tertiary alicyclic amines) is 1. The van der Waals surface area contributed by atoms with Gasteiger partial charge in [0, 0.05) is 13.1 Å². The van der Waals surface area contributed by atoms with Gasteiger partial charge < -0.3 is 14.5 Å².